The molecule has 30 heavy (non-hydrogen) atoms. The van der Waals surface area contributed by atoms with Crippen molar-refractivity contribution in [1.29, 1.82) is 0 Å². The number of carbonyl (C=O) groups is 1. The topological polar surface area (TPSA) is 84.5 Å². The summed E-state index contributed by atoms with van der Waals surface area (Å²) in [4.78, 5) is 12.4. The van der Waals surface area contributed by atoms with E-state index in [9.17, 15) is 17.6 Å². The molecule has 0 unspecified atom stereocenters. The highest BCUT2D eigenvalue weighted by molar-refractivity contribution is 7.92. The zero-order valence-corrected chi connectivity index (χ0v) is 17.2. The number of amides is 1. The Morgan fingerprint density at radius 2 is 1.43 bits per heavy atom. The Morgan fingerprint density at radius 3 is 2.00 bits per heavy atom. The fraction of sp³-hybridized carbons (Fsp3) is 0.136. The van der Waals surface area contributed by atoms with Crippen LogP contribution in [0, 0.1) is 5.82 Å². The number of halogens is 1. The molecule has 0 fully saturated rings. The van der Waals surface area contributed by atoms with E-state index < -0.39 is 15.8 Å². The largest absolute Gasteiger partial charge is 0.491 e. The van der Waals surface area contributed by atoms with Crippen molar-refractivity contribution in [1.82, 2.24) is 0 Å². The van der Waals surface area contributed by atoms with Gasteiger partial charge in [-0.2, -0.15) is 0 Å². The molecule has 3 rings (SSSR count). The molecule has 0 aromatic heterocycles. The molecule has 0 aliphatic rings. The molecule has 0 aliphatic carbocycles. The lowest BCUT2D eigenvalue weighted by atomic mass is 10.2. The molecule has 0 spiro atoms. The van der Waals surface area contributed by atoms with Crippen molar-refractivity contribution >= 4 is 27.3 Å². The van der Waals surface area contributed by atoms with E-state index in [-0.39, 0.29) is 22.6 Å². The van der Waals surface area contributed by atoms with Crippen LogP contribution >= 0.6 is 0 Å². The van der Waals surface area contributed by atoms with Crippen molar-refractivity contribution in [3.63, 3.8) is 0 Å². The Hall–Kier alpha value is -3.39. The first-order valence-corrected chi connectivity index (χ1v) is 10.7. The maximum absolute atomic E-state index is 13.0. The number of rotatable bonds is 7. The van der Waals surface area contributed by atoms with Crippen LogP contribution in [0.25, 0.3) is 0 Å². The van der Waals surface area contributed by atoms with Gasteiger partial charge < -0.3 is 10.1 Å². The highest BCUT2D eigenvalue weighted by atomic mass is 32.2. The van der Waals surface area contributed by atoms with Gasteiger partial charge in [-0.15, -0.1) is 0 Å². The van der Waals surface area contributed by atoms with E-state index in [1.54, 1.807) is 24.3 Å². The second-order valence-corrected chi connectivity index (χ2v) is 8.46. The lowest BCUT2D eigenvalue weighted by molar-refractivity contribution is 0.102. The molecule has 0 aliphatic heterocycles. The van der Waals surface area contributed by atoms with Gasteiger partial charge in [0.25, 0.3) is 15.9 Å². The lowest BCUT2D eigenvalue weighted by Crippen LogP contribution is -2.15. The molecule has 6 nitrogen and oxygen atoms in total. The number of anilines is 2. The van der Waals surface area contributed by atoms with E-state index in [0.29, 0.717) is 17.0 Å². The molecule has 156 valence electrons. The number of hydrogen-bond acceptors (Lipinski definition) is 4. The summed E-state index contributed by atoms with van der Waals surface area (Å²) in [6.07, 6.45) is 0.0535. The van der Waals surface area contributed by atoms with Gasteiger partial charge in [-0.05, 0) is 86.6 Å². The van der Waals surface area contributed by atoms with Gasteiger partial charge in [0, 0.05) is 16.9 Å². The number of nitrogens with one attached hydrogen (secondary N) is 2. The zero-order valence-electron chi connectivity index (χ0n) is 16.4. The average Bonchev–Trinajstić information content (AvgIpc) is 2.71. The van der Waals surface area contributed by atoms with Gasteiger partial charge >= 0.3 is 0 Å². The predicted molar refractivity (Wildman–Crippen MR) is 114 cm³/mol. The first-order chi connectivity index (χ1) is 14.2. The molecule has 3 aromatic carbocycles. The second kappa shape index (κ2) is 8.96. The summed E-state index contributed by atoms with van der Waals surface area (Å²) in [6.45, 7) is 3.85. The van der Waals surface area contributed by atoms with Gasteiger partial charge in [-0.25, -0.2) is 12.8 Å². The Kier molecular flexibility index (Phi) is 6.37. The van der Waals surface area contributed by atoms with Crippen LogP contribution in [0.3, 0.4) is 0 Å². The van der Waals surface area contributed by atoms with Crippen LogP contribution < -0.4 is 14.8 Å². The van der Waals surface area contributed by atoms with Gasteiger partial charge in [0.2, 0.25) is 0 Å². The fourth-order valence-electron chi connectivity index (χ4n) is 2.61. The van der Waals surface area contributed by atoms with E-state index in [4.69, 9.17) is 4.74 Å². The van der Waals surface area contributed by atoms with Crippen molar-refractivity contribution < 1.29 is 22.3 Å². The van der Waals surface area contributed by atoms with E-state index >= 15 is 0 Å². The summed E-state index contributed by atoms with van der Waals surface area (Å²) in [7, 11) is -3.86. The maximum atomic E-state index is 13.0. The van der Waals surface area contributed by atoms with Crippen LogP contribution in [0.1, 0.15) is 24.2 Å². The van der Waals surface area contributed by atoms with Crippen LogP contribution in [0.5, 0.6) is 5.75 Å². The lowest BCUT2D eigenvalue weighted by Gasteiger charge is -2.11. The summed E-state index contributed by atoms with van der Waals surface area (Å²) < 4.78 is 45.8. The molecule has 0 radical (unpaired) electrons. The first kappa shape index (κ1) is 21.3. The van der Waals surface area contributed by atoms with Gasteiger partial charge in [-0.3, -0.25) is 9.52 Å². The van der Waals surface area contributed by atoms with Crippen molar-refractivity contribution in [2.45, 2.75) is 24.8 Å². The standard InChI is InChI=1S/C22H21FN2O4S/c1-15(2)29-20-11-9-18(10-12-20)24-22(26)16-3-13-21(14-4-16)30(27,28)25-19-7-5-17(23)6-8-19/h3-15,25H,1-2H3,(H,24,26). The van der Waals surface area contributed by atoms with Gasteiger partial charge in [0.05, 0.1) is 11.0 Å². The van der Waals surface area contributed by atoms with Crippen molar-refractivity contribution in [3.05, 3.63) is 84.2 Å². The average molecular weight is 428 g/mol. The molecule has 1 amide bonds. The van der Waals surface area contributed by atoms with Crippen LogP contribution in [-0.2, 0) is 10.0 Å². The molecule has 2 N–H and O–H groups in total. The number of carbonyl (C=O) groups excluding carboxylic acids is 1. The molecular formula is C22H21FN2O4S. The number of benzene rings is 3. The van der Waals surface area contributed by atoms with Crippen LogP contribution in [0.15, 0.2) is 77.7 Å². The minimum Gasteiger partial charge on any atom is -0.491 e. The zero-order chi connectivity index (χ0) is 21.7. The van der Waals surface area contributed by atoms with Gasteiger partial charge in [-0.1, -0.05) is 0 Å². The normalized spacial score (nSPS) is 11.2. The highest BCUT2D eigenvalue weighted by Crippen LogP contribution is 2.19. The summed E-state index contributed by atoms with van der Waals surface area (Å²) in [5.41, 5.74) is 1.13. The maximum Gasteiger partial charge on any atom is 0.261 e. The molecule has 3 aromatic rings. The van der Waals surface area contributed by atoms with E-state index in [0.717, 1.165) is 12.1 Å². The Labute approximate surface area is 174 Å². The monoisotopic (exact) mass is 428 g/mol. The van der Waals surface area contributed by atoms with E-state index in [1.165, 1.54) is 36.4 Å². The van der Waals surface area contributed by atoms with Crippen LogP contribution in [0.4, 0.5) is 15.8 Å². The molecule has 0 saturated carbocycles. The second-order valence-electron chi connectivity index (χ2n) is 6.78. The highest BCUT2D eigenvalue weighted by Gasteiger charge is 2.15. The SMILES string of the molecule is CC(C)Oc1ccc(NC(=O)c2ccc(S(=O)(=O)Nc3ccc(F)cc3)cc2)cc1. The quantitative estimate of drug-likeness (QED) is 0.573. The molecule has 0 saturated heterocycles. The fourth-order valence-corrected chi connectivity index (χ4v) is 3.67. The van der Waals surface area contributed by atoms with Crippen molar-refractivity contribution in [2.24, 2.45) is 0 Å². The van der Waals surface area contributed by atoms with Crippen LogP contribution in [-0.4, -0.2) is 20.4 Å². The molecule has 0 bridgehead atoms. The number of ether oxygens (including phenoxy) is 1. The first-order valence-electron chi connectivity index (χ1n) is 9.19. The molecule has 0 heterocycles. The summed E-state index contributed by atoms with van der Waals surface area (Å²) >= 11 is 0. The summed E-state index contributed by atoms with van der Waals surface area (Å²) in [6, 6.07) is 17.4. The molecular weight excluding hydrogens is 407 g/mol. The van der Waals surface area contributed by atoms with Crippen molar-refractivity contribution in [3.8, 4) is 5.75 Å². The van der Waals surface area contributed by atoms with Crippen molar-refractivity contribution in [2.75, 3.05) is 10.0 Å². The minimum atomic E-state index is -3.86. The van der Waals surface area contributed by atoms with Crippen LogP contribution in [0.2, 0.25) is 0 Å². The third-order valence-electron chi connectivity index (χ3n) is 4.01. The van der Waals surface area contributed by atoms with Gasteiger partial charge in [0.15, 0.2) is 0 Å². The summed E-state index contributed by atoms with van der Waals surface area (Å²) in [5, 5.41) is 2.75. The van der Waals surface area contributed by atoms with E-state index in [1.807, 2.05) is 13.8 Å². The number of hydrogen-bond donors (Lipinski definition) is 2. The summed E-state index contributed by atoms with van der Waals surface area (Å²) in [5.74, 6) is -0.135. The Morgan fingerprint density at radius 1 is 0.867 bits per heavy atom. The number of sulfonamides is 1. The third kappa shape index (κ3) is 5.57. The Bertz CT molecular complexity index is 1110. The minimum absolute atomic E-state index is 0.0152. The molecule has 0 atom stereocenters. The molecule has 8 heteroatoms. The predicted octanol–water partition coefficient (Wildman–Crippen LogP) is 4.67. The van der Waals surface area contributed by atoms with E-state index in [2.05, 4.69) is 10.0 Å². The van der Waals surface area contributed by atoms with Gasteiger partial charge in [0.1, 0.15) is 11.6 Å². The Balaban J connectivity index is 1.67. The third-order valence-corrected chi connectivity index (χ3v) is 5.40. The smallest absolute Gasteiger partial charge is 0.261 e.